The first-order valence-electron chi connectivity index (χ1n) is 6.93. The second kappa shape index (κ2) is 6.39. The summed E-state index contributed by atoms with van der Waals surface area (Å²) < 4.78 is 0. The highest BCUT2D eigenvalue weighted by Gasteiger charge is 2.15. The van der Waals surface area contributed by atoms with Crippen molar-refractivity contribution in [1.29, 1.82) is 0 Å². The van der Waals surface area contributed by atoms with Crippen LogP contribution in [-0.2, 0) is 11.3 Å². The maximum atomic E-state index is 11.4. The van der Waals surface area contributed by atoms with E-state index in [0.717, 1.165) is 28.9 Å². The van der Waals surface area contributed by atoms with Crippen molar-refractivity contribution in [3.63, 3.8) is 0 Å². The number of aromatic nitrogens is 1. The second-order valence-corrected chi connectivity index (χ2v) is 5.31. The Kier molecular flexibility index (Phi) is 4.58. The van der Waals surface area contributed by atoms with Crippen LogP contribution in [0.25, 0.3) is 0 Å². The summed E-state index contributed by atoms with van der Waals surface area (Å²) in [5, 5.41) is 9.56. The fourth-order valence-corrected chi connectivity index (χ4v) is 2.46. The molecule has 2 rings (SSSR count). The van der Waals surface area contributed by atoms with Crippen LogP contribution in [0.1, 0.15) is 35.5 Å². The van der Waals surface area contributed by atoms with Gasteiger partial charge in [-0.2, -0.15) is 0 Å². The highest BCUT2D eigenvalue weighted by atomic mass is 16.3. The third kappa shape index (κ3) is 3.81. The molecule has 1 aromatic carbocycles. The number of phenols is 1. The third-order valence-electron chi connectivity index (χ3n) is 3.49. The van der Waals surface area contributed by atoms with E-state index in [1.54, 1.807) is 23.1 Å². The molecule has 0 saturated heterocycles. The van der Waals surface area contributed by atoms with Gasteiger partial charge in [-0.15, -0.1) is 0 Å². The third-order valence-corrected chi connectivity index (χ3v) is 3.49. The van der Waals surface area contributed by atoms with Gasteiger partial charge in [-0.25, -0.2) is 0 Å². The van der Waals surface area contributed by atoms with Gasteiger partial charge >= 0.3 is 0 Å². The van der Waals surface area contributed by atoms with Crippen molar-refractivity contribution < 1.29 is 9.90 Å². The fraction of sp³-hybridized carbons (Fsp3) is 0.294. The molecule has 1 unspecified atom stereocenters. The molecule has 0 aliphatic carbocycles. The van der Waals surface area contributed by atoms with Crippen molar-refractivity contribution in [2.24, 2.45) is 0 Å². The van der Waals surface area contributed by atoms with Crippen molar-refractivity contribution in [3.8, 4) is 5.75 Å². The number of aryl methyl sites for hydroxylation is 2. The lowest BCUT2D eigenvalue weighted by molar-refractivity contribution is -0.120. The molecule has 0 fully saturated rings. The molecule has 1 amide bonds. The van der Waals surface area contributed by atoms with Gasteiger partial charge in [-0.1, -0.05) is 12.1 Å². The van der Waals surface area contributed by atoms with Crippen LogP contribution in [0.4, 0.5) is 0 Å². The summed E-state index contributed by atoms with van der Waals surface area (Å²) in [5.41, 5.74) is 3.85. The highest BCUT2D eigenvalue weighted by molar-refractivity contribution is 5.49. The lowest BCUT2D eigenvalue weighted by atomic mass is 10.1. The van der Waals surface area contributed by atoms with Gasteiger partial charge in [0.05, 0.1) is 6.04 Å². The molecule has 21 heavy (non-hydrogen) atoms. The van der Waals surface area contributed by atoms with E-state index >= 15 is 0 Å². The summed E-state index contributed by atoms with van der Waals surface area (Å²) in [6.45, 7) is 6.36. The minimum atomic E-state index is -0.108. The van der Waals surface area contributed by atoms with Gasteiger partial charge in [-0.3, -0.25) is 9.78 Å². The first kappa shape index (κ1) is 15.0. The normalized spacial score (nSPS) is 12.0. The van der Waals surface area contributed by atoms with Gasteiger partial charge in [0.1, 0.15) is 5.75 Å². The number of phenolic OH excluding ortho intramolecular Hbond substituents is 1. The summed E-state index contributed by atoms with van der Waals surface area (Å²) in [4.78, 5) is 17.5. The molecule has 4 heteroatoms. The predicted octanol–water partition coefficient (Wildman–Crippen LogP) is 3.12. The summed E-state index contributed by atoms with van der Waals surface area (Å²) in [6.07, 6.45) is 0.847. The molecule has 0 aliphatic rings. The molecule has 0 spiro atoms. The molecule has 4 nitrogen and oxygen atoms in total. The molecule has 1 heterocycles. The van der Waals surface area contributed by atoms with Crippen LogP contribution >= 0.6 is 0 Å². The molecular formula is C17H20N2O2. The van der Waals surface area contributed by atoms with Crippen molar-refractivity contribution >= 4 is 6.41 Å². The maximum Gasteiger partial charge on any atom is 0.210 e. The Balaban J connectivity index is 2.21. The summed E-state index contributed by atoms with van der Waals surface area (Å²) in [6, 6.07) is 10.9. The van der Waals surface area contributed by atoms with E-state index in [1.807, 2.05) is 39.0 Å². The van der Waals surface area contributed by atoms with E-state index in [1.165, 1.54) is 0 Å². The number of carbonyl (C=O) groups is 1. The van der Waals surface area contributed by atoms with Gasteiger partial charge in [0.15, 0.2) is 0 Å². The number of aromatic hydroxyl groups is 1. The Morgan fingerprint density at radius 3 is 2.48 bits per heavy atom. The smallest absolute Gasteiger partial charge is 0.210 e. The van der Waals surface area contributed by atoms with E-state index in [9.17, 15) is 9.90 Å². The van der Waals surface area contributed by atoms with Gasteiger partial charge in [0, 0.05) is 17.9 Å². The van der Waals surface area contributed by atoms with Crippen LogP contribution in [0.2, 0.25) is 0 Å². The number of carbonyl (C=O) groups excluding carboxylic acids is 1. The minimum absolute atomic E-state index is 0.108. The van der Waals surface area contributed by atoms with Gasteiger partial charge in [0.2, 0.25) is 6.41 Å². The number of amides is 1. The monoisotopic (exact) mass is 284 g/mol. The van der Waals surface area contributed by atoms with Crippen LogP contribution in [0, 0.1) is 13.8 Å². The number of nitrogens with zero attached hydrogens (tertiary/aromatic N) is 2. The van der Waals surface area contributed by atoms with Crippen molar-refractivity contribution in [2.45, 2.75) is 33.4 Å². The lowest BCUT2D eigenvalue weighted by Gasteiger charge is -2.26. The van der Waals surface area contributed by atoms with E-state index in [2.05, 4.69) is 4.98 Å². The largest absolute Gasteiger partial charge is 0.508 e. The van der Waals surface area contributed by atoms with Crippen LogP contribution < -0.4 is 0 Å². The molecule has 0 saturated carbocycles. The zero-order valence-electron chi connectivity index (χ0n) is 12.6. The van der Waals surface area contributed by atoms with Crippen molar-refractivity contribution in [1.82, 2.24) is 9.88 Å². The SMILES string of the molecule is Cc1cc(CN(C=O)C(C)c2cccc(O)c2)cc(C)n1. The van der Waals surface area contributed by atoms with Crippen LogP contribution in [0.5, 0.6) is 5.75 Å². The van der Waals surface area contributed by atoms with Crippen molar-refractivity contribution in [3.05, 3.63) is 58.9 Å². The Hall–Kier alpha value is -2.36. The molecule has 0 radical (unpaired) electrons. The predicted molar refractivity (Wildman–Crippen MR) is 81.8 cm³/mol. The van der Waals surface area contributed by atoms with Crippen LogP contribution in [-0.4, -0.2) is 21.4 Å². The first-order chi connectivity index (χ1) is 9.99. The Morgan fingerprint density at radius 2 is 1.90 bits per heavy atom. The standard InChI is InChI=1S/C17H20N2O2/c1-12-7-15(8-13(2)18-12)10-19(11-20)14(3)16-5-4-6-17(21)9-16/h4-9,11,14,21H,10H2,1-3H3. The van der Waals surface area contributed by atoms with Crippen LogP contribution in [0.3, 0.4) is 0 Å². The zero-order valence-corrected chi connectivity index (χ0v) is 12.6. The second-order valence-electron chi connectivity index (χ2n) is 5.31. The number of hydrogen-bond acceptors (Lipinski definition) is 3. The summed E-state index contributed by atoms with van der Waals surface area (Å²) in [7, 11) is 0. The van der Waals surface area contributed by atoms with E-state index in [0.29, 0.717) is 6.54 Å². The molecule has 0 bridgehead atoms. The molecular weight excluding hydrogens is 264 g/mol. The topological polar surface area (TPSA) is 53.4 Å². The van der Waals surface area contributed by atoms with E-state index in [4.69, 9.17) is 0 Å². The molecule has 110 valence electrons. The first-order valence-corrected chi connectivity index (χ1v) is 6.93. The number of hydrogen-bond donors (Lipinski definition) is 1. The Morgan fingerprint density at radius 1 is 1.24 bits per heavy atom. The van der Waals surface area contributed by atoms with E-state index < -0.39 is 0 Å². The van der Waals surface area contributed by atoms with Gasteiger partial charge < -0.3 is 10.0 Å². The molecule has 1 atom stereocenters. The number of benzene rings is 1. The van der Waals surface area contributed by atoms with Gasteiger partial charge in [-0.05, 0) is 56.2 Å². The molecule has 0 aliphatic heterocycles. The Labute approximate surface area is 125 Å². The average Bonchev–Trinajstić information content (AvgIpc) is 2.43. The molecule has 1 aromatic heterocycles. The fourth-order valence-electron chi connectivity index (χ4n) is 2.46. The number of pyridine rings is 1. The summed E-state index contributed by atoms with van der Waals surface area (Å²) >= 11 is 0. The summed E-state index contributed by atoms with van der Waals surface area (Å²) in [5.74, 6) is 0.209. The van der Waals surface area contributed by atoms with Crippen LogP contribution in [0.15, 0.2) is 36.4 Å². The average molecular weight is 284 g/mol. The molecule has 1 N–H and O–H groups in total. The van der Waals surface area contributed by atoms with E-state index in [-0.39, 0.29) is 11.8 Å². The minimum Gasteiger partial charge on any atom is -0.508 e. The zero-order chi connectivity index (χ0) is 15.4. The quantitative estimate of drug-likeness (QED) is 0.858. The maximum absolute atomic E-state index is 11.4. The van der Waals surface area contributed by atoms with Crippen molar-refractivity contribution in [2.75, 3.05) is 0 Å². The molecule has 2 aromatic rings. The highest BCUT2D eigenvalue weighted by Crippen LogP contribution is 2.24. The Bertz CT molecular complexity index is 620. The number of rotatable bonds is 5. The van der Waals surface area contributed by atoms with Gasteiger partial charge in [0.25, 0.3) is 0 Å². The lowest BCUT2D eigenvalue weighted by Crippen LogP contribution is -2.25.